The lowest BCUT2D eigenvalue weighted by atomic mass is 9.85. The van der Waals surface area contributed by atoms with Crippen LogP contribution in [0, 0.1) is 30.6 Å². The Morgan fingerprint density at radius 2 is 1.93 bits per heavy atom. The number of esters is 1. The molecule has 1 aliphatic heterocycles. The maximum absolute atomic E-state index is 12.7. The summed E-state index contributed by atoms with van der Waals surface area (Å²) in [6.45, 7) is 2.56. The molecule has 1 N–H and O–H groups in total. The van der Waals surface area contributed by atoms with Gasteiger partial charge >= 0.3 is 5.97 Å². The van der Waals surface area contributed by atoms with E-state index in [2.05, 4.69) is 10.5 Å². The Morgan fingerprint density at radius 1 is 1.30 bits per heavy atom. The number of likely N-dealkylation sites (tertiary alicyclic amines) is 1. The van der Waals surface area contributed by atoms with Gasteiger partial charge in [-0.1, -0.05) is 17.3 Å². The first-order valence-electron chi connectivity index (χ1n) is 8.82. The topological polar surface area (TPSA) is 119 Å². The Kier molecular flexibility index (Phi) is 4.09. The van der Waals surface area contributed by atoms with Crippen LogP contribution in [0.25, 0.3) is 0 Å². The molecule has 1 aromatic heterocycles. The lowest BCUT2D eigenvalue weighted by molar-refractivity contribution is -0.159. The molecule has 3 aliphatic rings. The molecule has 0 radical (unpaired) electrons. The van der Waals surface area contributed by atoms with E-state index in [9.17, 15) is 19.2 Å². The third kappa shape index (κ3) is 2.83. The summed E-state index contributed by atoms with van der Waals surface area (Å²) in [7, 11) is 0. The number of rotatable bonds is 5. The van der Waals surface area contributed by atoms with E-state index in [1.165, 1.54) is 13.0 Å². The van der Waals surface area contributed by atoms with Crippen LogP contribution in [0.15, 0.2) is 22.7 Å². The smallest absolute Gasteiger partial charge is 0.329 e. The summed E-state index contributed by atoms with van der Waals surface area (Å²) in [5.41, 5.74) is 0. The summed E-state index contributed by atoms with van der Waals surface area (Å²) < 4.78 is 9.79. The van der Waals surface area contributed by atoms with E-state index in [1.54, 1.807) is 6.92 Å². The third-order valence-electron chi connectivity index (χ3n) is 5.47. The normalized spacial score (nSPS) is 29.2. The van der Waals surface area contributed by atoms with Gasteiger partial charge in [-0.25, -0.2) is 4.79 Å². The number of allylic oxidation sites excluding steroid dienone is 2. The fourth-order valence-corrected chi connectivity index (χ4v) is 4.27. The van der Waals surface area contributed by atoms with E-state index in [-0.39, 0.29) is 41.3 Å². The Morgan fingerprint density at radius 3 is 2.48 bits per heavy atom. The van der Waals surface area contributed by atoms with Gasteiger partial charge in [0.1, 0.15) is 11.8 Å². The highest BCUT2D eigenvalue weighted by Crippen LogP contribution is 2.52. The van der Waals surface area contributed by atoms with E-state index < -0.39 is 24.5 Å². The fraction of sp³-hybridized carbons (Fsp3) is 0.500. The summed E-state index contributed by atoms with van der Waals surface area (Å²) in [4.78, 5) is 50.5. The van der Waals surface area contributed by atoms with Crippen molar-refractivity contribution in [3.63, 3.8) is 0 Å². The van der Waals surface area contributed by atoms with Gasteiger partial charge in [-0.15, -0.1) is 0 Å². The molecule has 142 valence electrons. The molecule has 2 fully saturated rings. The van der Waals surface area contributed by atoms with Crippen LogP contribution in [0.2, 0.25) is 0 Å². The molecule has 3 amide bonds. The molecule has 1 saturated heterocycles. The van der Waals surface area contributed by atoms with Crippen LogP contribution in [0.1, 0.15) is 19.1 Å². The lowest BCUT2D eigenvalue weighted by Gasteiger charge is -2.22. The van der Waals surface area contributed by atoms with E-state index >= 15 is 0 Å². The number of fused-ring (bicyclic) bond motifs is 5. The first kappa shape index (κ1) is 17.4. The number of amides is 3. The monoisotopic (exact) mass is 373 g/mol. The van der Waals surface area contributed by atoms with Crippen molar-refractivity contribution < 1.29 is 28.4 Å². The van der Waals surface area contributed by atoms with E-state index in [1.807, 2.05) is 12.2 Å². The van der Waals surface area contributed by atoms with Gasteiger partial charge < -0.3 is 14.6 Å². The van der Waals surface area contributed by atoms with Gasteiger partial charge in [-0.2, -0.15) is 0 Å². The second kappa shape index (κ2) is 6.33. The van der Waals surface area contributed by atoms with Gasteiger partial charge in [0, 0.05) is 6.07 Å². The quantitative estimate of drug-likeness (QED) is 0.457. The molecule has 9 nitrogen and oxygen atoms in total. The number of nitrogens with one attached hydrogen (secondary N) is 1. The predicted molar refractivity (Wildman–Crippen MR) is 89.9 cm³/mol. The average Bonchev–Trinajstić information content (AvgIpc) is 3.38. The molecule has 5 atom stereocenters. The SMILES string of the molecule is Cc1cc(NC(=O)COC(=O)[C@H](C)N2C(=O)[C@@H]3[C@@H](C2=O)[C@H]2C=C[C@H]3C2)no1. The van der Waals surface area contributed by atoms with E-state index in [0.717, 1.165) is 11.3 Å². The summed E-state index contributed by atoms with van der Waals surface area (Å²) in [5, 5.41) is 6.02. The number of aromatic nitrogens is 1. The number of hydrogen-bond donors (Lipinski definition) is 1. The number of anilines is 1. The number of carbonyl (C=O) groups excluding carboxylic acids is 4. The molecule has 0 unspecified atom stereocenters. The maximum atomic E-state index is 12.7. The molecule has 0 aromatic carbocycles. The second-order valence-corrected chi connectivity index (χ2v) is 7.20. The number of nitrogens with zero attached hydrogens (tertiary/aromatic N) is 2. The number of ether oxygens (including phenoxy) is 1. The van der Waals surface area contributed by atoms with Crippen LogP contribution < -0.4 is 5.32 Å². The van der Waals surface area contributed by atoms with Gasteiger partial charge in [-0.3, -0.25) is 19.3 Å². The van der Waals surface area contributed by atoms with E-state index in [4.69, 9.17) is 9.26 Å². The van der Waals surface area contributed by atoms with Crippen molar-refractivity contribution in [1.29, 1.82) is 0 Å². The summed E-state index contributed by atoms with van der Waals surface area (Å²) in [6.07, 6.45) is 4.79. The minimum absolute atomic E-state index is 0.0707. The van der Waals surface area contributed by atoms with Crippen molar-refractivity contribution in [1.82, 2.24) is 10.1 Å². The Hall–Kier alpha value is -2.97. The zero-order chi connectivity index (χ0) is 19.3. The van der Waals surface area contributed by atoms with Crippen LogP contribution in [0.5, 0.6) is 0 Å². The number of imide groups is 1. The highest BCUT2D eigenvalue weighted by molar-refractivity contribution is 6.09. The molecule has 0 spiro atoms. The molecule has 1 saturated carbocycles. The Labute approximate surface area is 154 Å². The maximum Gasteiger partial charge on any atom is 0.329 e. The molecule has 27 heavy (non-hydrogen) atoms. The molecular weight excluding hydrogens is 354 g/mol. The number of aryl methyl sites for hydroxylation is 1. The van der Waals surface area contributed by atoms with Crippen LogP contribution >= 0.6 is 0 Å². The number of carbonyl (C=O) groups is 4. The highest BCUT2D eigenvalue weighted by Gasteiger charge is 2.60. The van der Waals surface area contributed by atoms with Crippen molar-refractivity contribution in [2.24, 2.45) is 23.7 Å². The Bertz CT molecular complexity index is 829. The second-order valence-electron chi connectivity index (χ2n) is 7.20. The largest absolute Gasteiger partial charge is 0.454 e. The predicted octanol–water partition coefficient (Wildman–Crippen LogP) is 0.660. The van der Waals surface area contributed by atoms with E-state index in [0.29, 0.717) is 5.76 Å². The van der Waals surface area contributed by atoms with Crippen molar-refractivity contribution >= 4 is 29.5 Å². The lowest BCUT2D eigenvalue weighted by Crippen LogP contribution is -2.45. The Balaban J connectivity index is 1.35. The third-order valence-corrected chi connectivity index (χ3v) is 5.47. The molecule has 1 aromatic rings. The van der Waals surface area contributed by atoms with Crippen LogP contribution in [0.4, 0.5) is 5.82 Å². The minimum atomic E-state index is -1.07. The molecule has 9 heteroatoms. The van der Waals surface area contributed by atoms with Gasteiger partial charge in [0.05, 0.1) is 11.8 Å². The average molecular weight is 373 g/mol. The molecule has 2 bridgehead atoms. The first-order chi connectivity index (χ1) is 12.9. The zero-order valence-electron chi connectivity index (χ0n) is 14.9. The van der Waals surface area contributed by atoms with Gasteiger partial charge in [0.15, 0.2) is 12.4 Å². The number of hydrogen-bond acceptors (Lipinski definition) is 7. The van der Waals surface area contributed by atoms with Crippen LogP contribution in [-0.2, 0) is 23.9 Å². The van der Waals surface area contributed by atoms with Crippen molar-refractivity contribution in [2.45, 2.75) is 26.3 Å². The summed E-state index contributed by atoms with van der Waals surface area (Å²) in [6, 6.07) is 0.447. The first-order valence-corrected chi connectivity index (χ1v) is 8.82. The van der Waals surface area contributed by atoms with Gasteiger partial charge in [0.25, 0.3) is 5.91 Å². The molecule has 4 rings (SSSR count). The van der Waals surface area contributed by atoms with Gasteiger partial charge in [-0.05, 0) is 32.1 Å². The highest BCUT2D eigenvalue weighted by atomic mass is 16.5. The van der Waals surface area contributed by atoms with Gasteiger partial charge in [0.2, 0.25) is 11.8 Å². The summed E-state index contributed by atoms with van der Waals surface area (Å²) >= 11 is 0. The minimum Gasteiger partial charge on any atom is -0.454 e. The van der Waals surface area contributed by atoms with Crippen LogP contribution in [-0.4, -0.2) is 46.4 Å². The standard InChI is InChI=1S/C18H19N3O6/c1-8-5-12(20-27-8)19-13(22)7-26-18(25)9(2)21-16(23)14-10-3-4-11(6-10)15(14)17(21)24/h3-5,9-11,14-15H,6-7H2,1-2H3,(H,19,20,22)/t9-,10-,11-,14-,15-/m0/s1. The van der Waals surface area contributed by atoms with Crippen LogP contribution in [0.3, 0.4) is 0 Å². The molecule has 2 aliphatic carbocycles. The summed E-state index contributed by atoms with van der Waals surface area (Å²) in [5.74, 6) is -1.92. The molecular formula is C18H19N3O6. The van der Waals surface area contributed by atoms with Crippen molar-refractivity contribution in [3.8, 4) is 0 Å². The zero-order valence-corrected chi connectivity index (χ0v) is 14.9. The fourth-order valence-electron chi connectivity index (χ4n) is 4.27. The van der Waals surface area contributed by atoms with Crippen molar-refractivity contribution in [2.75, 3.05) is 11.9 Å². The van der Waals surface area contributed by atoms with Crippen molar-refractivity contribution in [3.05, 3.63) is 24.0 Å². The molecule has 2 heterocycles.